The van der Waals surface area contributed by atoms with Gasteiger partial charge in [0.15, 0.2) is 0 Å². The van der Waals surface area contributed by atoms with Crippen LogP contribution in [0.2, 0.25) is 0 Å². The lowest BCUT2D eigenvalue weighted by molar-refractivity contribution is -0.144. The van der Waals surface area contributed by atoms with Gasteiger partial charge in [0.25, 0.3) is 0 Å². The molecule has 2 atom stereocenters. The van der Waals surface area contributed by atoms with E-state index in [0.717, 1.165) is 19.3 Å². The van der Waals surface area contributed by atoms with Crippen LogP contribution in [0.4, 0.5) is 0 Å². The third kappa shape index (κ3) is 2.19. The van der Waals surface area contributed by atoms with E-state index in [0.29, 0.717) is 11.5 Å². The van der Waals surface area contributed by atoms with Gasteiger partial charge in [0, 0.05) is 12.6 Å². The van der Waals surface area contributed by atoms with Crippen molar-refractivity contribution < 1.29 is 9.90 Å². The normalized spacial score (nSPS) is 38.3. The quantitative estimate of drug-likeness (QED) is 0.818. The number of aliphatic carboxylic acids is 1. The lowest BCUT2D eigenvalue weighted by Gasteiger charge is -2.29. The molecular formula is C15H26N2O2. The van der Waals surface area contributed by atoms with Crippen LogP contribution in [0, 0.1) is 5.41 Å². The summed E-state index contributed by atoms with van der Waals surface area (Å²) in [5.41, 5.74) is -0.0792. The highest BCUT2D eigenvalue weighted by Gasteiger charge is 2.49. The van der Waals surface area contributed by atoms with Crippen LogP contribution in [0.5, 0.6) is 0 Å². The van der Waals surface area contributed by atoms with Gasteiger partial charge in [-0.05, 0) is 57.5 Å². The van der Waals surface area contributed by atoms with Crippen LogP contribution >= 0.6 is 0 Å². The van der Waals surface area contributed by atoms with Crippen LogP contribution in [0.25, 0.3) is 0 Å². The number of nitrogens with one attached hydrogen (secondary N) is 1. The minimum atomic E-state index is -0.674. The van der Waals surface area contributed by atoms with Crippen molar-refractivity contribution in [3.63, 3.8) is 0 Å². The summed E-state index contributed by atoms with van der Waals surface area (Å²) in [6.07, 6.45) is 9.50. The number of carboxylic acid groups (broad SMARTS) is 1. The second-order valence-corrected chi connectivity index (χ2v) is 6.96. The van der Waals surface area contributed by atoms with Crippen molar-refractivity contribution in [1.29, 1.82) is 0 Å². The van der Waals surface area contributed by atoms with Gasteiger partial charge in [-0.2, -0.15) is 0 Å². The molecule has 0 aromatic heterocycles. The van der Waals surface area contributed by atoms with E-state index in [2.05, 4.69) is 10.2 Å². The number of likely N-dealkylation sites (tertiary alicyclic amines) is 1. The third-order valence-electron chi connectivity index (χ3n) is 6.02. The maximum Gasteiger partial charge on any atom is 0.323 e. The fourth-order valence-corrected chi connectivity index (χ4v) is 4.67. The van der Waals surface area contributed by atoms with Crippen LogP contribution in [0.15, 0.2) is 0 Å². The molecule has 1 heterocycles. The Morgan fingerprint density at radius 2 is 2.00 bits per heavy atom. The molecule has 3 rings (SSSR count). The third-order valence-corrected chi connectivity index (χ3v) is 6.02. The van der Waals surface area contributed by atoms with Gasteiger partial charge < -0.3 is 10.4 Å². The van der Waals surface area contributed by atoms with Crippen LogP contribution in [0.1, 0.15) is 51.4 Å². The monoisotopic (exact) mass is 266 g/mol. The maximum atomic E-state index is 11.5. The maximum absolute atomic E-state index is 11.5. The summed E-state index contributed by atoms with van der Waals surface area (Å²) in [6.45, 7) is 2.40. The van der Waals surface area contributed by atoms with Gasteiger partial charge in [-0.25, -0.2) is 0 Å². The van der Waals surface area contributed by atoms with Crippen LogP contribution in [0.3, 0.4) is 0 Å². The van der Waals surface area contributed by atoms with Gasteiger partial charge in [-0.3, -0.25) is 9.69 Å². The van der Waals surface area contributed by atoms with E-state index >= 15 is 0 Å². The fraction of sp³-hybridized carbons (Fsp3) is 0.933. The number of carboxylic acids is 1. The lowest BCUT2D eigenvalue weighted by Crippen LogP contribution is -2.49. The molecule has 4 nitrogen and oxygen atoms in total. The summed E-state index contributed by atoms with van der Waals surface area (Å²) in [6, 6.07) is 0.475. The van der Waals surface area contributed by atoms with Gasteiger partial charge in [0.05, 0.1) is 0 Å². The topological polar surface area (TPSA) is 52.6 Å². The molecule has 19 heavy (non-hydrogen) atoms. The minimum Gasteiger partial charge on any atom is -0.480 e. The Morgan fingerprint density at radius 1 is 1.26 bits per heavy atom. The summed E-state index contributed by atoms with van der Waals surface area (Å²) in [4.78, 5) is 14.1. The largest absolute Gasteiger partial charge is 0.480 e. The van der Waals surface area contributed by atoms with E-state index in [1.54, 1.807) is 7.05 Å². The smallest absolute Gasteiger partial charge is 0.323 e. The van der Waals surface area contributed by atoms with E-state index in [1.807, 2.05) is 0 Å². The summed E-state index contributed by atoms with van der Waals surface area (Å²) in [5.74, 6) is -0.674. The first-order valence-corrected chi connectivity index (χ1v) is 7.76. The van der Waals surface area contributed by atoms with E-state index < -0.39 is 11.5 Å². The van der Waals surface area contributed by atoms with Crippen molar-refractivity contribution in [1.82, 2.24) is 10.2 Å². The second-order valence-electron chi connectivity index (χ2n) is 6.96. The zero-order chi connectivity index (χ0) is 13.5. The Labute approximate surface area is 115 Å². The summed E-state index contributed by atoms with van der Waals surface area (Å²) < 4.78 is 0. The Bertz CT molecular complexity index is 365. The molecule has 108 valence electrons. The Hall–Kier alpha value is -0.610. The van der Waals surface area contributed by atoms with Crippen LogP contribution in [-0.2, 0) is 4.79 Å². The number of rotatable bonds is 3. The number of carbonyl (C=O) groups is 1. The Morgan fingerprint density at radius 3 is 2.58 bits per heavy atom. The van der Waals surface area contributed by atoms with E-state index in [9.17, 15) is 9.90 Å². The lowest BCUT2D eigenvalue weighted by atomic mass is 9.85. The average molecular weight is 266 g/mol. The zero-order valence-electron chi connectivity index (χ0n) is 12.0. The molecule has 3 aliphatic rings. The molecule has 1 spiro atoms. The molecule has 2 unspecified atom stereocenters. The SMILES string of the molecule is CNC1(C(=O)O)CCC(N2CCC3(CCCC3)C2)C1. The van der Waals surface area contributed by atoms with Crippen LogP contribution in [-0.4, -0.2) is 47.7 Å². The highest BCUT2D eigenvalue weighted by Crippen LogP contribution is 2.47. The molecule has 3 fully saturated rings. The van der Waals surface area contributed by atoms with Gasteiger partial charge in [-0.1, -0.05) is 12.8 Å². The van der Waals surface area contributed by atoms with E-state index in [1.165, 1.54) is 45.2 Å². The first-order valence-electron chi connectivity index (χ1n) is 7.76. The molecule has 4 heteroatoms. The molecule has 2 saturated carbocycles. The highest BCUT2D eigenvalue weighted by atomic mass is 16.4. The predicted octanol–water partition coefficient (Wildman–Crippen LogP) is 1.85. The van der Waals surface area contributed by atoms with Crippen molar-refractivity contribution in [2.24, 2.45) is 5.41 Å². The molecule has 1 aliphatic heterocycles. The second kappa shape index (κ2) is 4.74. The average Bonchev–Trinajstić information content (AvgIpc) is 3.11. The number of likely N-dealkylation sites (N-methyl/N-ethyl adjacent to an activating group) is 1. The zero-order valence-corrected chi connectivity index (χ0v) is 12.0. The molecule has 2 N–H and O–H groups in total. The predicted molar refractivity (Wildman–Crippen MR) is 74.2 cm³/mol. The van der Waals surface area contributed by atoms with Gasteiger partial charge in [0.2, 0.25) is 0 Å². The Kier molecular flexibility index (Phi) is 3.34. The summed E-state index contributed by atoms with van der Waals surface area (Å²) in [7, 11) is 1.79. The Balaban J connectivity index is 1.64. The molecular weight excluding hydrogens is 240 g/mol. The van der Waals surface area contributed by atoms with Crippen molar-refractivity contribution in [3.8, 4) is 0 Å². The molecule has 2 aliphatic carbocycles. The van der Waals surface area contributed by atoms with Crippen molar-refractivity contribution in [2.75, 3.05) is 20.1 Å². The van der Waals surface area contributed by atoms with Crippen molar-refractivity contribution >= 4 is 5.97 Å². The van der Waals surface area contributed by atoms with Crippen LogP contribution < -0.4 is 5.32 Å². The van der Waals surface area contributed by atoms with Gasteiger partial charge in [-0.15, -0.1) is 0 Å². The minimum absolute atomic E-state index is 0.475. The first kappa shape index (κ1) is 13.4. The highest BCUT2D eigenvalue weighted by molar-refractivity contribution is 5.79. The van der Waals surface area contributed by atoms with E-state index in [4.69, 9.17) is 0 Å². The standard InChI is InChI=1S/C15H26N2O2/c1-16-15(13(18)19)7-4-12(10-15)17-9-8-14(11-17)5-2-3-6-14/h12,16H,2-11H2,1H3,(H,18,19). The summed E-state index contributed by atoms with van der Waals surface area (Å²) in [5, 5.41) is 12.5. The molecule has 0 aromatic rings. The van der Waals surface area contributed by atoms with Gasteiger partial charge in [0.1, 0.15) is 5.54 Å². The van der Waals surface area contributed by atoms with E-state index in [-0.39, 0.29) is 0 Å². The molecule has 0 bridgehead atoms. The van der Waals surface area contributed by atoms with Crippen molar-refractivity contribution in [2.45, 2.75) is 62.9 Å². The molecule has 0 aromatic carbocycles. The van der Waals surface area contributed by atoms with Gasteiger partial charge >= 0.3 is 5.97 Å². The number of hydrogen-bond acceptors (Lipinski definition) is 3. The number of hydrogen-bond donors (Lipinski definition) is 2. The molecule has 0 amide bonds. The molecule has 1 saturated heterocycles. The molecule has 0 radical (unpaired) electrons. The first-order chi connectivity index (χ1) is 9.09. The fourth-order valence-electron chi connectivity index (χ4n) is 4.67. The number of nitrogens with zero attached hydrogens (tertiary/aromatic N) is 1. The summed E-state index contributed by atoms with van der Waals surface area (Å²) >= 11 is 0. The van der Waals surface area contributed by atoms with Crippen molar-refractivity contribution in [3.05, 3.63) is 0 Å².